The first-order valence-corrected chi connectivity index (χ1v) is 4.39. The number of rotatable bonds is 3. The van der Waals surface area contributed by atoms with Crippen molar-refractivity contribution >= 4 is 23.2 Å². The van der Waals surface area contributed by atoms with Crippen LogP contribution in [0.3, 0.4) is 0 Å². The predicted octanol–water partition coefficient (Wildman–Crippen LogP) is 1.05. The number of halogens is 1. The zero-order chi connectivity index (χ0) is 10.6. The van der Waals surface area contributed by atoms with E-state index in [9.17, 15) is 4.79 Å². The van der Waals surface area contributed by atoms with E-state index in [2.05, 4.69) is 5.32 Å². The lowest BCUT2D eigenvalue weighted by Crippen LogP contribution is -2.24. The van der Waals surface area contributed by atoms with Crippen molar-refractivity contribution in [1.82, 2.24) is 5.32 Å². The maximum Gasteiger partial charge on any atom is 0.257 e. The molecule has 1 aromatic carbocycles. The highest BCUT2D eigenvalue weighted by atomic mass is 35.5. The van der Waals surface area contributed by atoms with E-state index in [4.69, 9.17) is 22.1 Å². The number of nitrogens with two attached hydrogens (primary N) is 1. The van der Waals surface area contributed by atoms with E-state index in [1.54, 1.807) is 25.2 Å². The molecule has 0 aliphatic heterocycles. The number of ether oxygens (including phenoxy) is 1. The van der Waals surface area contributed by atoms with Gasteiger partial charge < -0.3 is 15.8 Å². The second kappa shape index (κ2) is 4.72. The van der Waals surface area contributed by atoms with E-state index in [1.807, 2.05) is 0 Å². The summed E-state index contributed by atoms with van der Waals surface area (Å²) in [6.45, 7) is -0.0310. The lowest BCUT2D eigenvalue weighted by Gasteiger charge is -2.06. The van der Waals surface area contributed by atoms with Crippen molar-refractivity contribution in [3.05, 3.63) is 23.2 Å². The van der Waals surface area contributed by atoms with Crippen molar-refractivity contribution in [2.75, 3.05) is 19.4 Å². The molecular formula is C9H11ClN2O2. The van der Waals surface area contributed by atoms with E-state index in [1.165, 1.54) is 0 Å². The molecule has 76 valence electrons. The molecule has 5 heteroatoms. The zero-order valence-electron chi connectivity index (χ0n) is 7.71. The van der Waals surface area contributed by atoms with Crippen molar-refractivity contribution < 1.29 is 9.53 Å². The second-order valence-electron chi connectivity index (χ2n) is 2.65. The smallest absolute Gasteiger partial charge is 0.257 e. The number of likely N-dealkylation sites (N-methyl/N-ethyl adjacent to an activating group) is 1. The number of hydrogen-bond acceptors (Lipinski definition) is 3. The van der Waals surface area contributed by atoms with Gasteiger partial charge in [-0.05, 0) is 12.1 Å². The Morgan fingerprint density at radius 1 is 1.64 bits per heavy atom. The maximum atomic E-state index is 10.8. The van der Waals surface area contributed by atoms with Crippen molar-refractivity contribution in [3.63, 3.8) is 0 Å². The Bertz CT molecular complexity index is 342. The number of carbonyl (C=O) groups is 1. The third-order valence-electron chi connectivity index (χ3n) is 1.62. The lowest BCUT2D eigenvalue weighted by atomic mass is 10.3. The van der Waals surface area contributed by atoms with Crippen LogP contribution in [0.25, 0.3) is 0 Å². The van der Waals surface area contributed by atoms with E-state index in [0.29, 0.717) is 16.5 Å². The number of nitrogens with one attached hydrogen (secondary N) is 1. The molecule has 0 fully saturated rings. The van der Waals surface area contributed by atoms with Gasteiger partial charge in [0.1, 0.15) is 5.75 Å². The standard InChI is InChI=1S/C9H11ClN2O2/c1-12-9(13)5-14-6-2-3-8(11)7(10)4-6/h2-4H,5,11H2,1H3,(H,12,13). The molecule has 14 heavy (non-hydrogen) atoms. The highest BCUT2D eigenvalue weighted by Crippen LogP contribution is 2.23. The molecule has 0 radical (unpaired) electrons. The summed E-state index contributed by atoms with van der Waals surface area (Å²) < 4.78 is 5.14. The zero-order valence-corrected chi connectivity index (χ0v) is 8.47. The molecular weight excluding hydrogens is 204 g/mol. The predicted molar refractivity (Wildman–Crippen MR) is 55.4 cm³/mol. The maximum absolute atomic E-state index is 10.8. The van der Waals surface area contributed by atoms with Crippen LogP contribution in [0.15, 0.2) is 18.2 Å². The third-order valence-corrected chi connectivity index (χ3v) is 1.95. The average Bonchev–Trinajstić information content (AvgIpc) is 2.19. The fourth-order valence-electron chi connectivity index (χ4n) is 0.819. The molecule has 0 atom stereocenters. The summed E-state index contributed by atoms with van der Waals surface area (Å²) in [6, 6.07) is 4.85. The molecule has 0 spiro atoms. The van der Waals surface area contributed by atoms with Crippen molar-refractivity contribution in [2.24, 2.45) is 0 Å². The number of anilines is 1. The number of benzene rings is 1. The monoisotopic (exact) mass is 214 g/mol. The topological polar surface area (TPSA) is 64.3 Å². The van der Waals surface area contributed by atoms with E-state index < -0.39 is 0 Å². The molecule has 0 saturated carbocycles. The molecule has 0 saturated heterocycles. The van der Waals surface area contributed by atoms with Crippen LogP contribution in [0, 0.1) is 0 Å². The van der Waals surface area contributed by atoms with Crippen molar-refractivity contribution in [3.8, 4) is 5.75 Å². The SMILES string of the molecule is CNC(=O)COc1ccc(N)c(Cl)c1. The van der Waals surface area contributed by atoms with Crippen LogP contribution in [0.4, 0.5) is 5.69 Å². The van der Waals surface area contributed by atoms with Gasteiger partial charge in [0, 0.05) is 13.1 Å². The van der Waals surface area contributed by atoms with Gasteiger partial charge in [0.05, 0.1) is 10.7 Å². The molecule has 3 N–H and O–H groups in total. The van der Waals surface area contributed by atoms with Gasteiger partial charge in [-0.1, -0.05) is 11.6 Å². The molecule has 1 amide bonds. The second-order valence-corrected chi connectivity index (χ2v) is 3.05. The van der Waals surface area contributed by atoms with Gasteiger partial charge in [0.25, 0.3) is 5.91 Å². The molecule has 1 rings (SSSR count). The lowest BCUT2D eigenvalue weighted by molar-refractivity contribution is -0.122. The first-order chi connectivity index (χ1) is 6.63. The van der Waals surface area contributed by atoms with Gasteiger partial charge in [-0.15, -0.1) is 0 Å². The molecule has 0 aliphatic carbocycles. The highest BCUT2D eigenvalue weighted by Gasteiger charge is 2.01. The first kappa shape index (κ1) is 10.7. The molecule has 0 aromatic heterocycles. The Kier molecular flexibility index (Phi) is 3.59. The minimum Gasteiger partial charge on any atom is -0.484 e. The van der Waals surface area contributed by atoms with E-state index in [-0.39, 0.29) is 12.5 Å². The molecule has 0 unspecified atom stereocenters. The molecule has 0 bridgehead atoms. The summed E-state index contributed by atoms with van der Waals surface area (Å²) in [5.41, 5.74) is 5.99. The summed E-state index contributed by atoms with van der Waals surface area (Å²) >= 11 is 5.76. The average molecular weight is 215 g/mol. The van der Waals surface area contributed by atoms with Crippen LogP contribution >= 0.6 is 11.6 Å². The Balaban J connectivity index is 2.60. The largest absolute Gasteiger partial charge is 0.484 e. The minimum atomic E-state index is -0.196. The Morgan fingerprint density at radius 2 is 2.36 bits per heavy atom. The van der Waals surface area contributed by atoms with E-state index in [0.717, 1.165) is 0 Å². The summed E-state index contributed by atoms with van der Waals surface area (Å²) in [7, 11) is 1.54. The van der Waals surface area contributed by atoms with Gasteiger partial charge >= 0.3 is 0 Å². The van der Waals surface area contributed by atoms with Crippen LogP contribution in [0.2, 0.25) is 5.02 Å². The molecule has 0 aliphatic rings. The quantitative estimate of drug-likeness (QED) is 0.740. The summed E-state index contributed by atoms with van der Waals surface area (Å²) in [5, 5.41) is 2.86. The summed E-state index contributed by atoms with van der Waals surface area (Å²) in [6.07, 6.45) is 0. The minimum absolute atomic E-state index is 0.0310. The number of nitrogen functional groups attached to an aromatic ring is 1. The Hall–Kier alpha value is -1.42. The normalized spacial score (nSPS) is 9.57. The van der Waals surface area contributed by atoms with Crippen LogP contribution in [0.1, 0.15) is 0 Å². The van der Waals surface area contributed by atoms with Crippen molar-refractivity contribution in [1.29, 1.82) is 0 Å². The highest BCUT2D eigenvalue weighted by molar-refractivity contribution is 6.33. The molecule has 1 aromatic rings. The van der Waals surface area contributed by atoms with Gasteiger partial charge in [0.2, 0.25) is 0 Å². The van der Waals surface area contributed by atoms with Crippen molar-refractivity contribution in [2.45, 2.75) is 0 Å². The fourth-order valence-corrected chi connectivity index (χ4v) is 0.989. The molecule has 4 nitrogen and oxygen atoms in total. The van der Waals surface area contributed by atoms with Crippen LogP contribution < -0.4 is 15.8 Å². The van der Waals surface area contributed by atoms with Crippen LogP contribution in [-0.4, -0.2) is 19.6 Å². The van der Waals surface area contributed by atoms with Crippen LogP contribution in [-0.2, 0) is 4.79 Å². The number of amides is 1. The van der Waals surface area contributed by atoms with Crippen LogP contribution in [0.5, 0.6) is 5.75 Å². The van der Waals surface area contributed by atoms with Gasteiger partial charge in [0.15, 0.2) is 6.61 Å². The third kappa shape index (κ3) is 2.81. The Morgan fingerprint density at radius 3 is 2.93 bits per heavy atom. The van der Waals surface area contributed by atoms with Gasteiger partial charge in [-0.3, -0.25) is 4.79 Å². The molecule has 0 heterocycles. The number of hydrogen-bond donors (Lipinski definition) is 2. The summed E-state index contributed by atoms with van der Waals surface area (Å²) in [4.78, 5) is 10.8. The number of carbonyl (C=O) groups excluding carboxylic acids is 1. The first-order valence-electron chi connectivity index (χ1n) is 4.02. The van der Waals surface area contributed by atoms with Gasteiger partial charge in [-0.25, -0.2) is 0 Å². The Labute approximate surface area is 87.0 Å². The van der Waals surface area contributed by atoms with Gasteiger partial charge in [-0.2, -0.15) is 0 Å². The van der Waals surface area contributed by atoms with E-state index >= 15 is 0 Å². The fraction of sp³-hybridized carbons (Fsp3) is 0.222. The summed E-state index contributed by atoms with van der Waals surface area (Å²) in [5.74, 6) is 0.325.